The molecule has 0 saturated carbocycles. The molecule has 0 aliphatic rings. The third kappa shape index (κ3) is 3.98. The maximum absolute atomic E-state index is 12.1. The molecule has 0 spiro atoms. The standard InChI is InChI=1S/C13H14BrClN2O2S2/c1-17(2)21(18,19)11-5-3-4-9(6-11)16-8-10-7-12(14)13(15)20-10/h3-7,16H,8H2,1-2H3. The summed E-state index contributed by atoms with van der Waals surface area (Å²) in [5.41, 5.74) is 0.749. The van der Waals surface area contributed by atoms with Crippen molar-refractivity contribution in [2.75, 3.05) is 19.4 Å². The number of sulfonamides is 1. The normalized spacial score (nSPS) is 11.9. The van der Waals surface area contributed by atoms with Crippen LogP contribution in [0.3, 0.4) is 0 Å². The first-order chi connectivity index (χ1) is 9.80. The lowest BCUT2D eigenvalue weighted by atomic mass is 10.3. The highest BCUT2D eigenvalue weighted by Crippen LogP contribution is 2.32. The first kappa shape index (κ1) is 16.8. The minimum atomic E-state index is -3.42. The molecule has 0 unspecified atom stereocenters. The van der Waals surface area contributed by atoms with Gasteiger partial charge in [0.2, 0.25) is 10.0 Å². The van der Waals surface area contributed by atoms with Gasteiger partial charge in [-0.25, -0.2) is 12.7 Å². The summed E-state index contributed by atoms with van der Waals surface area (Å²) in [5.74, 6) is 0. The topological polar surface area (TPSA) is 49.4 Å². The van der Waals surface area contributed by atoms with Gasteiger partial charge in [-0.3, -0.25) is 0 Å². The van der Waals surface area contributed by atoms with Crippen LogP contribution < -0.4 is 5.32 Å². The minimum absolute atomic E-state index is 0.267. The molecule has 0 aliphatic heterocycles. The number of nitrogens with one attached hydrogen (secondary N) is 1. The fourth-order valence-electron chi connectivity index (χ4n) is 1.65. The molecular formula is C13H14BrClN2O2S2. The Balaban J connectivity index is 2.15. The summed E-state index contributed by atoms with van der Waals surface area (Å²) in [5, 5.41) is 3.20. The molecule has 4 nitrogen and oxygen atoms in total. The van der Waals surface area contributed by atoms with Crippen molar-refractivity contribution < 1.29 is 8.42 Å². The number of nitrogens with zero attached hydrogens (tertiary/aromatic N) is 1. The SMILES string of the molecule is CN(C)S(=O)(=O)c1cccc(NCc2cc(Br)c(Cl)s2)c1. The lowest BCUT2D eigenvalue weighted by molar-refractivity contribution is 0.521. The van der Waals surface area contributed by atoms with Crippen LogP contribution in [0.25, 0.3) is 0 Å². The predicted molar refractivity (Wildman–Crippen MR) is 91.7 cm³/mol. The summed E-state index contributed by atoms with van der Waals surface area (Å²) in [7, 11) is -0.389. The van der Waals surface area contributed by atoms with Crippen molar-refractivity contribution in [1.29, 1.82) is 0 Å². The van der Waals surface area contributed by atoms with Crippen LogP contribution in [0.4, 0.5) is 5.69 Å². The van der Waals surface area contributed by atoms with Crippen molar-refractivity contribution in [1.82, 2.24) is 4.31 Å². The van der Waals surface area contributed by atoms with Crippen LogP contribution in [0.2, 0.25) is 4.34 Å². The third-order valence-corrected chi connectivity index (χ3v) is 7.06. The first-order valence-corrected chi connectivity index (χ1v) is 9.43. The van der Waals surface area contributed by atoms with Gasteiger partial charge in [-0.2, -0.15) is 0 Å². The number of halogens is 2. The van der Waals surface area contributed by atoms with Gasteiger partial charge in [-0.05, 0) is 40.2 Å². The van der Waals surface area contributed by atoms with Gasteiger partial charge in [0, 0.05) is 35.7 Å². The van der Waals surface area contributed by atoms with E-state index in [1.807, 2.05) is 12.1 Å². The predicted octanol–water partition coefficient (Wildman–Crippen LogP) is 4.03. The van der Waals surface area contributed by atoms with E-state index in [1.165, 1.54) is 29.7 Å². The van der Waals surface area contributed by atoms with E-state index < -0.39 is 10.0 Å². The Morgan fingerprint density at radius 3 is 2.62 bits per heavy atom. The molecule has 2 aromatic rings. The molecule has 1 heterocycles. The summed E-state index contributed by atoms with van der Waals surface area (Å²) in [4.78, 5) is 1.33. The van der Waals surface area contributed by atoms with Crippen LogP contribution in [-0.4, -0.2) is 26.8 Å². The Morgan fingerprint density at radius 2 is 2.05 bits per heavy atom. The quantitative estimate of drug-likeness (QED) is 0.811. The summed E-state index contributed by atoms with van der Waals surface area (Å²) < 4.78 is 26.9. The molecular weight excluding hydrogens is 396 g/mol. The molecule has 0 atom stereocenters. The molecule has 0 aliphatic carbocycles. The van der Waals surface area contributed by atoms with E-state index in [-0.39, 0.29) is 4.90 Å². The largest absolute Gasteiger partial charge is 0.380 e. The molecule has 1 N–H and O–H groups in total. The molecule has 0 saturated heterocycles. The lowest BCUT2D eigenvalue weighted by Crippen LogP contribution is -2.22. The Bertz CT molecular complexity index is 725. The molecule has 1 aromatic heterocycles. The van der Waals surface area contributed by atoms with Gasteiger partial charge in [0.1, 0.15) is 4.34 Å². The smallest absolute Gasteiger partial charge is 0.242 e. The fourth-order valence-corrected chi connectivity index (χ4v) is 4.32. The van der Waals surface area contributed by atoms with E-state index in [2.05, 4.69) is 21.2 Å². The van der Waals surface area contributed by atoms with E-state index >= 15 is 0 Å². The van der Waals surface area contributed by atoms with Gasteiger partial charge in [-0.15, -0.1) is 11.3 Å². The monoisotopic (exact) mass is 408 g/mol. The summed E-state index contributed by atoms with van der Waals surface area (Å²) in [6.07, 6.45) is 0. The van der Waals surface area contributed by atoms with Crippen molar-refractivity contribution in [3.63, 3.8) is 0 Å². The van der Waals surface area contributed by atoms with Crippen molar-refractivity contribution in [3.05, 3.63) is 44.0 Å². The van der Waals surface area contributed by atoms with Crippen LogP contribution in [-0.2, 0) is 16.6 Å². The molecule has 2 rings (SSSR count). The molecule has 21 heavy (non-hydrogen) atoms. The van der Waals surface area contributed by atoms with Crippen molar-refractivity contribution in [2.24, 2.45) is 0 Å². The highest BCUT2D eigenvalue weighted by molar-refractivity contribution is 9.10. The molecule has 114 valence electrons. The van der Waals surface area contributed by atoms with E-state index in [9.17, 15) is 8.42 Å². The Labute approximate surface area is 141 Å². The summed E-state index contributed by atoms with van der Waals surface area (Å²) >= 11 is 10.8. The zero-order chi connectivity index (χ0) is 15.6. The first-order valence-electron chi connectivity index (χ1n) is 6.01. The second-order valence-electron chi connectivity index (χ2n) is 4.50. The second kappa shape index (κ2) is 6.66. The van der Waals surface area contributed by atoms with Gasteiger partial charge in [-0.1, -0.05) is 17.7 Å². The fraction of sp³-hybridized carbons (Fsp3) is 0.231. The lowest BCUT2D eigenvalue weighted by Gasteiger charge is -2.12. The number of hydrogen-bond acceptors (Lipinski definition) is 4. The number of rotatable bonds is 5. The average molecular weight is 410 g/mol. The zero-order valence-corrected chi connectivity index (χ0v) is 15.4. The number of anilines is 1. The van der Waals surface area contributed by atoms with E-state index in [4.69, 9.17) is 11.6 Å². The second-order valence-corrected chi connectivity index (χ2v) is 9.25. The highest BCUT2D eigenvalue weighted by atomic mass is 79.9. The Kier molecular flexibility index (Phi) is 5.32. The van der Waals surface area contributed by atoms with Crippen LogP contribution in [0.1, 0.15) is 4.88 Å². The van der Waals surface area contributed by atoms with E-state index in [0.717, 1.165) is 15.0 Å². The molecule has 0 radical (unpaired) electrons. The molecule has 8 heteroatoms. The number of hydrogen-bond donors (Lipinski definition) is 1. The summed E-state index contributed by atoms with van der Waals surface area (Å²) in [6, 6.07) is 8.70. The van der Waals surface area contributed by atoms with Crippen molar-refractivity contribution in [2.45, 2.75) is 11.4 Å². The van der Waals surface area contributed by atoms with Crippen molar-refractivity contribution >= 4 is 54.6 Å². The van der Waals surface area contributed by atoms with Crippen LogP contribution in [0.5, 0.6) is 0 Å². The van der Waals surface area contributed by atoms with E-state index in [1.54, 1.807) is 18.2 Å². The van der Waals surface area contributed by atoms with E-state index in [0.29, 0.717) is 10.9 Å². The third-order valence-electron chi connectivity index (χ3n) is 2.78. The zero-order valence-electron chi connectivity index (χ0n) is 11.4. The Hall–Kier alpha value is -0.600. The van der Waals surface area contributed by atoms with Crippen LogP contribution >= 0.6 is 38.9 Å². The molecule has 1 aromatic carbocycles. The van der Waals surface area contributed by atoms with Crippen molar-refractivity contribution in [3.8, 4) is 0 Å². The number of thiophene rings is 1. The maximum atomic E-state index is 12.1. The minimum Gasteiger partial charge on any atom is -0.380 e. The van der Waals surface area contributed by atoms with Gasteiger partial charge in [0.25, 0.3) is 0 Å². The van der Waals surface area contributed by atoms with Gasteiger partial charge < -0.3 is 5.32 Å². The highest BCUT2D eigenvalue weighted by Gasteiger charge is 2.17. The van der Waals surface area contributed by atoms with Gasteiger partial charge in [0.15, 0.2) is 0 Å². The molecule has 0 fully saturated rings. The number of benzene rings is 1. The maximum Gasteiger partial charge on any atom is 0.242 e. The van der Waals surface area contributed by atoms with Crippen LogP contribution in [0.15, 0.2) is 39.7 Å². The molecule has 0 bridgehead atoms. The molecule has 0 amide bonds. The van der Waals surface area contributed by atoms with Crippen LogP contribution in [0, 0.1) is 0 Å². The van der Waals surface area contributed by atoms with Gasteiger partial charge >= 0.3 is 0 Å². The average Bonchev–Trinajstić information content (AvgIpc) is 2.76. The Morgan fingerprint density at radius 1 is 1.33 bits per heavy atom. The van der Waals surface area contributed by atoms with Gasteiger partial charge in [0.05, 0.1) is 4.90 Å². The summed E-state index contributed by atoms with van der Waals surface area (Å²) in [6.45, 7) is 0.585.